The molecule has 8 nitrogen and oxygen atoms in total. The van der Waals surface area contributed by atoms with Gasteiger partial charge in [-0.1, -0.05) is 12.1 Å². The van der Waals surface area contributed by atoms with E-state index in [1.165, 1.54) is 22.0 Å². The third kappa shape index (κ3) is 4.94. The Morgan fingerprint density at radius 1 is 0.742 bits per heavy atom. The van der Waals surface area contributed by atoms with Crippen LogP contribution in [-0.2, 0) is 26.2 Å². The lowest BCUT2D eigenvalue weighted by molar-refractivity contribution is 0.119. The fraction of sp³-hybridized carbons (Fsp3) is 0.474. The van der Waals surface area contributed by atoms with Crippen molar-refractivity contribution in [3.63, 3.8) is 0 Å². The first-order chi connectivity index (χ1) is 15.0. The molecule has 31 heavy (non-hydrogen) atoms. The lowest BCUT2D eigenvalue weighted by Gasteiger charge is -2.27. The first-order valence-electron chi connectivity index (χ1n) is 9.90. The molecule has 0 N–H and O–H groups in total. The van der Waals surface area contributed by atoms with Crippen LogP contribution >= 0.6 is 0 Å². The number of halogens is 4. The van der Waals surface area contributed by atoms with E-state index in [0.717, 1.165) is 17.8 Å². The van der Waals surface area contributed by atoms with Crippen molar-refractivity contribution in [2.24, 2.45) is 0 Å². The average Bonchev–Trinajstić information content (AvgIpc) is 3.30. The number of fused-ring (bicyclic) bond motifs is 1. The highest BCUT2D eigenvalue weighted by atomic mass is 19.3. The third-order valence-electron chi connectivity index (χ3n) is 5.10. The number of hydrogen-bond acceptors (Lipinski definition) is 6. The van der Waals surface area contributed by atoms with Crippen LogP contribution in [0, 0.1) is 0 Å². The smallest absolute Gasteiger partial charge is 0.257 e. The van der Waals surface area contributed by atoms with Crippen LogP contribution in [0.2, 0.25) is 0 Å². The second kappa shape index (κ2) is 9.31. The summed E-state index contributed by atoms with van der Waals surface area (Å²) in [5.74, 6) is 0.917. The van der Waals surface area contributed by atoms with E-state index < -0.39 is 25.9 Å². The summed E-state index contributed by atoms with van der Waals surface area (Å²) in [6.07, 6.45) is -1.69. The zero-order valence-corrected chi connectivity index (χ0v) is 16.7. The molecule has 0 unspecified atom stereocenters. The molecule has 1 aliphatic heterocycles. The second-order valence-electron chi connectivity index (χ2n) is 7.18. The van der Waals surface area contributed by atoms with Gasteiger partial charge in [0.25, 0.3) is 12.9 Å². The highest BCUT2D eigenvalue weighted by Gasteiger charge is 2.24. The molecule has 0 spiro atoms. The topological polar surface area (TPSA) is 67.9 Å². The summed E-state index contributed by atoms with van der Waals surface area (Å²) < 4.78 is 53.8. The first-order valence-corrected chi connectivity index (χ1v) is 9.90. The lowest BCUT2D eigenvalue weighted by atomic mass is 10.2. The van der Waals surface area contributed by atoms with E-state index in [0.29, 0.717) is 37.8 Å². The molecule has 166 valence electrons. The van der Waals surface area contributed by atoms with Gasteiger partial charge in [-0.25, -0.2) is 36.9 Å². The lowest BCUT2D eigenvalue weighted by Crippen LogP contribution is -2.26. The molecule has 0 radical (unpaired) electrons. The summed E-state index contributed by atoms with van der Waals surface area (Å²) in [4.78, 5) is 12.5. The minimum Gasteiger partial charge on any atom is -0.362 e. The Balaban J connectivity index is 1.57. The van der Waals surface area contributed by atoms with Crippen molar-refractivity contribution < 1.29 is 17.6 Å². The SMILES string of the molecule is FC(F)Cn1ncnc1CN1CCCN(Cc2ncnn2CC(F)F)c2ccccc21. The predicted molar refractivity (Wildman–Crippen MR) is 105 cm³/mol. The number of rotatable bonds is 8. The van der Waals surface area contributed by atoms with Gasteiger partial charge in [-0.15, -0.1) is 0 Å². The van der Waals surface area contributed by atoms with Crippen LogP contribution in [-0.4, -0.2) is 55.5 Å². The summed E-state index contributed by atoms with van der Waals surface area (Å²) in [6, 6.07) is 7.70. The molecule has 0 amide bonds. The minimum atomic E-state index is -2.52. The van der Waals surface area contributed by atoms with Crippen molar-refractivity contribution in [3.8, 4) is 0 Å². The Hall–Kier alpha value is -3.18. The molecule has 1 aromatic carbocycles. The molecule has 0 saturated heterocycles. The van der Waals surface area contributed by atoms with Gasteiger partial charge in [0.1, 0.15) is 37.4 Å². The van der Waals surface area contributed by atoms with E-state index in [9.17, 15) is 17.6 Å². The summed E-state index contributed by atoms with van der Waals surface area (Å²) >= 11 is 0. The largest absolute Gasteiger partial charge is 0.362 e. The second-order valence-corrected chi connectivity index (χ2v) is 7.18. The van der Waals surface area contributed by atoms with Crippen LogP contribution in [0.3, 0.4) is 0 Å². The van der Waals surface area contributed by atoms with Gasteiger partial charge in [-0.05, 0) is 18.6 Å². The van der Waals surface area contributed by atoms with E-state index in [-0.39, 0.29) is 0 Å². The van der Waals surface area contributed by atoms with Gasteiger partial charge in [0, 0.05) is 13.1 Å². The van der Waals surface area contributed by atoms with E-state index in [1.54, 1.807) is 0 Å². The number of nitrogens with zero attached hydrogens (tertiary/aromatic N) is 8. The van der Waals surface area contributed by atoms with Gasteiger partial charge in [0.15, 0.2) is 0 Å². The summed E-state index contributed by atoms with van der Waals surface area (Å²) in [7, 11) is 0. The van der Waals surface area contributed by atoms with Crippen LogP contribution < -0.4 is 9.80 Å². The Bertz CT molecular complexity index is 911. The van der Waals surface area contributed by atoms with Crippen LogP contribution in [0.25, 0.3) is 0 Å². The zero-order chi connectivity index (χ0) is 21.8. The highest BCUT2D eigenvalue weighted by Crippen LogP contribution is 2.33. The molecular weight excluding hydrogens is 416 g/mol. The predicted octanol–water partition coefficient (Wildman–Crippen LogP) is 2.82. The monoisotopic (exact) mass is 438 g/mol. The summed E-state index contributed by atoms with van der Waals surface area (Å²) in [5.41, 5.74) is 1.82. The molecule has 0 fully saturated rings. The number of anilines is 2. The molecule has 3 heterocycles. The molecule has 0 bridgehead atoms. The van der Waals surface area contributed by atoms with Crippen molar-refractivity contribution >= 4 is 11.4 Å². The van der Waals surface area contributed by atoms with Crippen LogP contribution in [0.15, 0.2) is 36.9 Å². The maximum Gasteiger partial charge on any atom is 0.257 e. The van der Waals surface area contributed by atoms with Crippen molar-refractivity contribution in [1.29, 1.82) is 0 Å². The van der Waals surface area contributed by atoms with E-state index >= 15 is 0 Å². The highest BCUT2D eigenvalue weighted by molar-refractivity contribution is 5.72. The quantitative estimate of drug-likeness (QED) is 0.504. The molecule has 1 aliphatic rings. The summed E-state index contributed by atoms with van der Waals surface area (Å²) in [5, 5.41) is 7.82. The molecule has 12 heteroatoms. The Labute approximate surface area is 176 Å². The Kier molecular flexibility index (Phi) is 6.33. The van der Waals surface area contributed by atoms with Crippen molar-refractivity contribution in [2.45, 2.75) is 45.5 Å². The van der Waals surface area contributed by atoms with Gasteiger partial charge < -0.3 is 9.80 Å². The van der Waals surface area contributed by atoms with Gasteiger partial charge in [0.2, 0.25) is 0 Å². The average molecular weight is 438 g/mol. The maximum absolute atomic E-state index is 12.8. The van der Waals surface area contributed by atoms with Crippen molar-refractivity contribution in [1.82, 2.24) is 29.5 Å². The normalized spacial score (nSPS) is 14.4. The molecule has 0 aliphatic carbocycles. The van der Waals surface area contributed by atoms with Crippen LogP contribution in [0.4, 0.5) is 28.9 Å². The van der Waals surface area contributed by atoms with Crippen LogP contribution in [0.1, 0.15) is 18.1 Å². The molecule has 0 saturated carbocycles. The minimum absolute atomic E-state index is 0.332. The van der Waals surface area contributed by atoms with Gasteiger partial charge in [-0.3, -0.25) is 0 Å². The third-order valence-corrected chi connectivity index (χ3v) is 5.10. The number of para-hydroxylation sites is 2. The number of alkyl halides is 4. The fourth-order valence-corrected chi connectivity index (χ4v) is 3.75. The fourth-order valence-electron chi connectivity index (χ4n) is 3.75. The van der Waals surface area contributed by atoms with Gasteiger partial charge >= 0.3 is 0 Å². The molecule has 2 aromatic heterocycles. The molecular formula is C19H22F4N8. The number of hydrogen-bond donors (Lipinski definition) is 0. The number of aromatic nitrogens is 6. The molecule has 0 atom stereocenters. The van der Waals surface area contributed by atoms with Crippen molar-refractivity contribution in [3.05, 3.63) is 48.6 Å². The van der Waals surface area contributed by atoms with E-state index in [4.69, 9.17) is 0 Å². The zero-order valence-electron chi connectivity index (χ0n) is 16.7. The molecule has 3 aromatic rings. The first kappa shape index (κ1) is 21.1. The van der Waals surface area contributed by atoms with Crippen LogP contribution in [0.5, 0.6) is 0 Å². The van der Waals surface area contributed by atoms with E-state index in [2.05, 4.69) is 30.0 Å². The number of benzene rings is 1. The standard InChI is InChI=1S/C19H22F4N8/c20-16(21)8-30-18(24-12-26-30)10-28-6-3-7-29(15-5-2-1-4-14(15)28)11-19-25-13-27-31(19)9-17(22)23/h1-2,4-5,12-13,16-17H,3,6-11H2. The molecule has 4 rings (SSSR count). The van der Waals surface area contributed by atoms with Gasteiger partial charge in [0.05, 0.1) is 24.5 Å². The van der Waals surface area contributed by atoms with E-state index in [1.807, 2.05) is 24.3 Å². The Morgan fingerprint density at radius 2 is 1.19 bits per heavy atom. The summed E-state index contributed by atoms with van der Waals surface area (Å²) in [6.45, 7) is 1.02. The van der Waals surface area contributed by atoms with Gasteiger partial charge in [-0.2, -0.15) is 10.2 Å². The van der Waals surface area contributed by atoms with Crippen molar-refractivity contribution in [2.75, 3.05) is 22.9 Å². The Morgan fingerprint density at radius 3 is 1.61 bits per heavy atom. The maximum atomic E-state index is 12.8.